The molecule has 0 atom stereocenters. The van der Waals surface area contributed by atoms with Crippen LogP contribution in [0.15, 0.2) is 30.5 Å². The number of rotatable bonds is 3. The number of ether oxygens (including phenoxy) is 1. The maximum absolute atomic E-state index is 5.89. The van der Waals surface area contributed by atoms with Gasteiger partial charge in [-0.1, -0.05) is 17.7 Å². The smallest absolute Gasteiger partial charge is 0.304 e. The fourth-order valence-electron chi connectivity index (χ4n) is 1.48. The molecule has 17 heavy (non-hydrogen) atoms. The molecule has 0 unspecified atom stereocenters. The number of nitrogens with zero attached hydrogens (tertiary/aromatic N) is 2. The van der Waals surface area contributed by atoms with E-state index in [0.29, 0.717) is 22.6 Å². The lowest BCUT2D eigenvalue weighted by Crippen LogP contribution is -2.01. The maximum Gasteiger partial charge on any atom is 0.304 e. The number of halogens is 1. The average Bonchev–Trinajstić information content (AvgIpc) is 2.59. The summed E-state index contributed by atoms with van der Waals surface area (Å²) in [5.74, 6) is 1.08. The Morgan fingerprint density at radius 2 is 2.18 bits per heavy atom. The Morgan fingerprint density at radius 3 is 2.82 bits per heavy atom. The Labute approximate surface area is 105 Å². The third kappa shape index (κ3) is 2.71. The van der Waals surface area contributed by atoms with E-state index in [4.69, 9.17) is 22.1 Å². The van der Waals surface area contributed by atoms with Crippen LogP contribution in [0.25, 0.3) is 0 Å². The minimum Gasteiger partial charge on any atom is -0.425 e. The molecule has 0 spiro atoms. The van der Waals surface area contributed by atoms with E-state index >= 15 is 0 Å². The Kier molecular flexibility index (Phi) is 3.24. The summed E-state index contributed by atoms with van der Waals surface area (Å²) in [5, 5.41) is 0.623. The normalized spacial score (nSPS) is 10.8. The minimum atomic E-state index is 0.231. The number of benzene rings is 1. The number of hydrogen-bond donors (Lipinski definition) is 1. The van der Waals surface area contributed by atoms with Crippen LogP contribution in [0.3, 0.4) is 0 Å². The van der Waals surface area contributed by atoms with Crippen molar-refractivity contribution in [1.82, 2.24) is 9.55 Å². The van der Waals surface area contributed by atoms with Crippen molar-refractivity contribution in [2.24, 2.45) is 0 Å². The van der Waals surface area contributed by atoms with Crippen LogP contribution in [0.4, 0.5) is 5.82 Å². The molecular formula is C12H14ClN3O. The molecule has 0 aliphatic rings. The predicted molar refractivity (Wildman–Crippen MR) is 68.6 cm³/mol. The van der Waals surface area contributed by atoms with Crippen LogP contribution >= 0.6 is 11.6 Å². The molecule has 1 aromatic heterocycles. The molecule has 0 radical (unpaired) electrons. The summed E-state index contributed by atoms with van der Waals surface area (Å²) >= 11 is 5.89. The lowest BCUT2D eigenvalue weighted by atomic mass is 10.3. The second-order valence-electron chi connectivity index (χ2n) is 4.01. The van der Waals surface area contributed by atoms with Crippen molar-refractivity contribution in [3.05, 3.63) is 35.5 Å². The zero-order valence-electron chi connectivity index (χ0n) is 9.72. The highest BCUT2D eigenvalue weighted by molar-refractivity contribution is 6.30. The number of imidazole rings is 1. The van der Waals surface area contributed by atoms with E-state index in [2.05, 4.69) is 4.98 Å². The highest BCUT2D eigenvalue weighted by Gasteiger charge is 2.11. The van der Waals surface area contributed by atoms with Gasteiger partial charge >= 0.3 is 6.01 Å². The Bertz CT molecular complexity index is 522. The SMILES string of the molecule is CC(C)n1cc(N)nc1Oc1cccc(Cl)c1. The standard InChI is InChI=1S/C12H14ClN3O/c1-8(2)16-7-11(14)15-12(16)17-10-5-3-4-9(13)6-10/h3-8H,14H2,1-2H3. The van der Waals surface area contributed by atoms with Gasteiger partial charge in [0.2, 0.25) is 0 Å². The van der Waals surface area contributed by atoms with Gasteiger partial charge in [-0.3, -0.25) is 4.57 Å². The third-order valence-corrected chi connectivity index (χ3v) is 2.51. The Hall–Kier alpha value is -1.68. The van der Waals surface area contributed by atoms with Crippen molar-refractivity contribution in [3.8, 4) is 11.8 Å². The van der Waals surface area contributed by atoms with Gasteiger partial charge in [-0.25, -0.2) is 0 Å². The van der Waals surface area contributed by atoms with Crippen LogP contribution < -0.4 is 10.5 Å². The van der Waals surface area contributed by atoms with Gasteiger partial charge in [0.1, 0.15) is 11.6 Å². The molecule has 2 aromatic rings. The highest BCUT2D eigenvalue weighted by atomic mass is 35.5. The van der Waals surface area contributed by atoms with Crippen LogP contribution in [0.2, 0.25) is 5.02 Å². The summed E-state index contributed by atoms with van der Waals surface area (Å²) in [5.41, 5.74) is 5.66. The van der Waals surface area contributed by atoms with Gasteiger partial charge in [0, 0.05) is 11.1 Å². The van der Waals surface area contributed by atoms with Gasteiger partial charge in [-0.15, -0.1) is 0 Å². The van der Waals surface area contributed by atoms with Crippen molar-refractivity contribution in [2.75, 3.05) is 5.73 Å². The van der Waals surface area contributed by atoms with E-state index in [0.717, 1.165) is 0 Å². The van der Waals surface area contributed by atoms with Crippen molar-refractivity contribution >= 4 is 17.4 Å². The molecule has 0 fully saturated rings. The van der Waals surface area contributed by atoms with Crippen LogP contribution in [-0.2, 0) is 0 Å². The Morgan fingerprint density at radius 1 is 1.41 bits per heavy atom. The zero-order chi connectivity index (χ0) is 12.4. The number of hydrogen-bond acceptors (Lipinski definition) is 3. The van der Waals surface area contributed by atoms with Crippen LogP contribution in [0.1, 0.15) is 19.9 Å². The van der Waals surface area contributed by atoms with E-state index in [9.17, 15) is 0 Å². The first kappa shape index (κ1) is 11.8. The average molecular weight is 252 g/mol. The molecule has 0 saturated carbocycles. The second-order valence-corrected chi connectivity index (χ2v) is 4.45. The van der Waals surface area contributed by atoms with E-state index in [1.165, 1.54) is 0 Å². The topological polar surface area (TPSA) is 53.1 Å². The summed E-state index contributed by atoms with van der Waals surface area (Å²) in [4.78, 5) is 4.13. The molecule has 0 aliphatic carbocycles. The quantitative estimate of drug-likeness (QED) is 0.909. The highest BCUT2D eigenvalue weighted by Crippen LogP contribution is 2.26. The van der Waals surface area contributed by atoms with Gasteiger partial charge in [-0.2, -0.15) is 4.98 Å². The molecule has 1 aromatic carbocycles. The fraction of sp³-hybridized carbons (Fsp3) is 0.250. The first-order chi connectivity index (χ1) is 8.06. The largest absolute Gasteiger partial charge is 0.425 e. The molecule has 0 bridgehead atoms. The first-order valence-electron chi connectivity index (χ1n) is 5.34. The predicted octanol–water partition coefficient (Wildman–Crippen LogP) is 3.49. The van der Waals surface area contributed by atoms with Crippen molar-refractivity contribution < 1.29 is 4.74 Å². The molecule has 90 valence electrons. The minimum absolute atomic E-state index is 0.231. The summed E-state index contributed by atoms with van der Waals surface area (Å²) in [6, 6.07) is 7.87. The van der Waals surface area contributed by atoms with Crippen LogP contribution in [-0.4, -0.2) is 9.55 Å². The lowest BCUT2D eigenvalue weighted by molar-refractivity contribution is 0.396. The van der Waals surface area contributed by atoms with E-state index in [1.807, 2.05) is 30.5 Å². The van der Waals surface area contributed by atoms with Gasteiger partial charge in [0.15, 0.2) is 0 Å². The molecule has 2 N–H and O–H groups in total. The van der Waals surface area contributed by atoms with Crippen LogP contribution in [0, 0.1) is 0 Å². The van der Waals surface area contributed by atoms with Gasteiger partial charge in [0.25, 0.3) is 0 Å². The molecule has 4 nitrogen and oxygen atoms in total. The van der Waals surface area contributed by atoms with Gasteiger partial charge < -0.3 is 10.5 Å². The fourth-order valence-corrected chi connectivity index (χ4v) is 1.66. The molecule has 5 heteroatoms. The van der Waals surface area contributed by atoms with E-state index in [-0.39, 0.29) is 6.04 Å². The van der Waals surface area contributed by atoms with Crippen molar-refractivity contribution in [1.29, 1.82) is 0 Å². The van der Waals surface area contributed by atoms with E-state index < -0.39 is 0 Å². The number of nitrogens with two attached hydrogens (primary N) is 1. The summed E-state index contributed by atoms with van der Waals surface area (Å²) < 4.78 is 7.53. The molecular weight excluding hydrogens is 238 g/mol. The van der Waals surface area contributed by atoms with Gasteiger partial charge in [0.05, 0.1) is 6.20 Å². The molecule has 1 heterocycles. The van der Waals surface area contributed by atoms with Crippen molar-refractivity contribution in [3.63, 3.8) is 0 Å². The molecule has 0 saturated heterocycles. The lowest BCUT2D eigenvalue weighted by Gasteiger charge is -2.11. The zero-order valence-corrected chi connectivity index (χ0v) is 10.5. The first-order valence-corrected chi connectivity index (χ1v) is 5.72. The number of nitrogen functional groups attached to an aromatic ring is 1. The van der Waals surface area contributed by atoms with Crippen molar-refractivity contribution in [2.45, 2.75) is 19.9 Å². The number of aromatic nitrogens is 2. The summed E-state index contributed by atoms with van der Waals surface area (Å²) in [6.45, 7) is 4.07. The summed E-state index contributed by atoms with van der Waals surface area (Å²) in [7, 11) is 0. The second kappa shape index (κ2) is 4.67. The molecule has 0 aliphatic heterocycles. The molecule has 2 rings (SSSR count). The van der Waals surface area contributed by atoms with Gasteiger partial charge in [-0.05, 0) is 32.0 Å². The monoisotopic (exact) mass is 251 g/mol. The van der Waals surface area contributed by atoms with E-state index in [1.54, 1.807) is 18.3 Å². The third-order valence-electron chi connectivity index (χ3n) is 2.28. The van der Waals surface area contributed by atoms with Crippen LogP contribution in [0.5, 0.6) is 11.8 Å². The maximum atomic E-state index is 5.89. The Balaban J connectivity index is 2.29. The molecule has 0 amide bonds. The summed E-state index contributed by atoms with van der Waals surface area (Å²) in [6.07, 6.45) is 1.75. The number of anilines is 1.